The van der Waals surface area contributed by atoms with Crippen molar-refractivity contribution in [3.05, 3.63) is 23.2 Å². The predicted molar refractivity (Wildman–Crippen MR) is 75.8 cm³/mol. The number of anilines is 1. The molecule has 0 radical (unpaired) electrons. The number of hydrogen-bond donors (Lipinski definition) is 1. The topological polar surface area (TPSA) is 38.3 Å². The maximum absolute atomic E-state index is 11.5. The second-order valence-electron chi connectivity index (χ2n) is 3.83. The first-order valence-corrected chi connectivity index (χ1v) is 6.86. The van der Waals surface area contributed by atoms with Crippen LogP contribution in [-0.4, -0.2) is 18.4 Å². The molecule has 0 spiro atoms. The molecule has 0 atom stereocenters. The summed E-state index contributed by atoms with van der Waals surface area (Å²) in [6.07, 6.45) is 2.00. The summed E-state index contributed by atoms with van der Waals surface area (Å²) < 4.78 is 5.45. The highest BCUT2D eigenvalue weighted by molar-refractivity contribution is 6.32. The third kappa shape index (κ3) is 5.15. The van der Waals surface area contributed by atoms with E-state index in [0.717, 1.165) is 6.42 Å². The number of amides is 1. The molecule has 5 heteroatoms. The number of halogens is 2. The Morgan fingerprint density at radius 3 is 2.83 bits per heavy atom. The average Bonchev–Trinajstić information content (AvgIpc) is 2.35. The van der Waals surface area contributed by atoms with Crippen LogP contribution in [0.3, 0.4) is 0 Å². The average molecular weight is 290 g/mol. The lowest BCUT2D eigenvalue weighted by Gasteiger charge is -2.09. The van der Waals surface area contributed by atoms with E-state index in [1.807, 2.05) is 6.92 Å². The van der Waals surface area contributed by atoms with Crippen LogP contribution in [0.15, 0.2) is 18.2 Å². The molecule has 18 heavy (non-hydrogen) atoms. The fourth-order valence-electron chi connectivity index (χ4n) is 1.36. The minimum atomic E-state index is -0.0612. The number of ether oxygens (including phenoxy) is 1. The van der Waals surface area contributed by atoms with E-state index < -0.39 is 0 Å². The van der Waals surface area contributed by atoms with Crippen LogP contribution >= 0.6 is 23.2 Å². The van der Waals surface area contributed by atoms with Gasteiger partial charge in [-0.15, -0.1) is 11.6 Å². The molecular weight excluding hydrogens is 273 g/mol. The third-order valence-electron chi connectivity index (χ3n) is 2.21. The van der Waals surface area contributed by atoms with Gasteiger partial charge in [0.25, 0.3) is 0 Å². The van der Waals surface area contributed by atoms with Gasteiger partial charge in [-0.25, -0.2) is 0 Å². The first-order valence-electron chi connectivity index (χ1n) is 5.95. The smallest absolute Gasteiger partial charge is 0.224 e. The molecule has 1 amide bonds. The zero-order valence-electron chi connectivity index (χ0n) is 10.3. The van der Waals surface area contributed by atoms with Gasteiger partial charge in [0.1, 0.15) is 5.75 Å². The van der Waals surface area contributed by atoms with Crippen molar-refractivity contribution in [1.29, 1.82) is 0 Å². The Balaban J connectivity index is 2.58. The zero-order chi connectivity index (χ0) is 13.4. The minimum absolute atomic E-state index is 0.0612. The molecule has 0 heterocycles. The van der Waals surface area contributed by atoms with E-state index in [-0.39, 0.29) is 5.91 Å². The van der Waals surface area contributed by atoms with Crippen LogP contribution in [0, 0.1) is 0 Å². The van der Waals surface area contributed by atoms with Gasteiger partial charge in [0.05, 0.1) is 11.6 Å². The standard InChI is InChI=1S/C13H17Cl2NO2/c1-2-8-18-12-6-5-10(9-11(12)15)16-13(17)4-3-7-14/h5-6,9H,2-4,7-8H2,1H3,(H,16,17). The Morgan fingerprint density at radius 2 is 2.22 bits per heavy atom. The van der Waals surface area contributed by atoms with Crippen molar-refractivity contribution in [2.24, 2.45) is 0 Å². The lowest BCUT2D eigenvalue weighted by Crippen LogP contribution is -2.11. The molecular formula is C13H17Cl2NO2. The lowest BCUT2D eigenvalue weighted by atomic mass is 10.2. The molecule has 100 valence electrons. The maximum Gasteiger partial charge on any atom is 0.224 e. The molecule has 1 aromatic rings. The molecule has 0 fully saturated rings. The molecule has 0 aliphatic carbocycles. The summed E-state index contributed by atoms with van der Waals surface area (Å²) in [5.74, 6) is 1.06. The van der Waals surface area contributed by atoms with Gasteiger partial charge in [-0.1, -0.05) is 18.5 Å². The molecule has 1 aromatic carbocycles. The summed E-state index contributed by atoms with van der Waals surface area (Å²) in [5, 5.41) is 3.26. The Labute approximate surface area is 117 Å². The Bertz CT molecular complexity index is 397. The SMILES string of the molecule is CCCOc1ccc(NC(=O)CCCCl)cc1Cl. The van der Waals surface area contributed by atoms with Crippen LogP contribution in [0.1, 0.15) is 26.2 Å². The van der Waals surface area contributed by atoms with Crippen LogP contribution in [0.2, 0.25) is 5.02 Å². The van der Waals surface area contributed by atoms with Crippen molar-refractivity contribution in [2.75, 3.05) is 17.8 Å². The number of carbonyl (C=O) groups excluding carboxylic acids is 1. The highest BCUT2D eigenvalue weighted by Gasteiger charge is 2.06. The molecule has 0 bridgehead atoms. The van der Waals surface area contributed by atoms with Gasteiger partial charge < -0.3 is 10.1 Å². The molecule has 1 rings (SSSR count). The molecule has 0 saturated carbocycles. The molecule has 0 unspecified atom stereocenters. The second-order valence-corrected chi connectivity index (χ2v) is 4.62. The zero-order valence-corrected chi connectivity index (χ0v) is 11.9. The van der Waals surface area contributed by atoms with Crippen molar-refractivity contribution >= 4 is 34.8 Å². The molecule has 0 aliphatic rings. The molecule has 1 N–H and O–H groups in total. The monoisotopic (exact) mass is 289 g/mol. The fraction of sp³-hybridized carbons (Fsp3) is 0.462. The van der Waals surface area contributed by atoms with Gasteiger partial charge in [0.15, 0.2) is 0 Å². The molecule has 0 aromatic heterocycles. The number of nitrogens with one attached hydrogen (secondary N) is 1. The van der Waals surface area contributed by atoms with E-state index >= 15 is 0 Å². The first-order chi connectivity index (χ1) is 8.67. The van der Waals surface area contributed by atoms with E-state index in [1.165, 1.54) is 0 Å². The fourth-order valence-corrected chi connectivity index (χ4v) is 1.73. The van der Waals surface area contributed by atoms with Gasteiger partial charge >= 0.3 is 0 Å². The Kier molecular flexibility index (Phi) is 6.91. The van der Waals surface area contributed by atoms with Gasteiger partial charge in [0, 0.05) is 18.0 Å². The van der Waals surface area contributed by atoms with Gasteiger partial charge in [0.2, 0.25) is 5.91 Å². The summed E-state index contributed by atoms with van der Waals surface area (Å²) in [6.45, 7) is 2.65. The van der Waals surface area contributed by atoms with Crippen LogP contribution in [-0.2, 0) is 4.79 Å². The molecule has 0 saturated heterocycles. The predicted octanol–water partition coefficient (Wildman–Crippen LogP) is 4.09. The number of hydrogen-bond acceptors (Lipinski definition) is 2. The molecule has 3 nitrogen and oxygen atoms in total. The van der Waals surface area contributed by atoms with Gasteiger partial charge in [-0.3, -0.25) is 4.79 Å². The van der Waals surface area contributed by atoms with Crippen LogP contribution in [0.25, 0.3) is 0 Å². The largest absolute Gasteiger partial charge is 0.492 e. The minimum Gasteiger partial charge on any atom is -0.492 e. The summed E-state index contributed by atoms with van der Waals surface area (Å²) in [6, 6.07) is 5.22. The number of alkyl halides is 1. The summed E-state index contributed by atoms with van der Waals surface area (Å²) in [5.41, 5.74) is 0.670. The highest BCUT2D eigenvalue weighted by atomic mass is 35.5. The van der Waals surface area contributed by atoms with Crippen molar-refractivity contribution in [1.82, 2.24) is 0 Å². The number of rotatable bonds is 7. The third-order valence-corrected chi connectivity index (χ3v) is 2.78. The van der Waals surface area contributed by atoms with Gasteiger partial charge in [-0.2, -0.15) is 0 Å². The normalized spacial score (nSPS) is 10.2. The number of carbonyl (C=O) groups is 1. The van der Waals surface area contributed by atoms with Crippen LogP contribution < -0.4 is 10.1 Å². The van der Waals surface area contributed by atoms with Crippen molar-refractivity contribution in [2.45, 2.75) is 26.2 Å². The van der Waals surface area contributed by atoms with E-state index in [0.29, 0.717) is 41.8 Å². The lowest BCUT2D eigenvalue weighted by molar-refractivity contribution is -0.116. The summed E-state index contributed by atoms with van der Waals surface area (Å²) in [7, 11) is 0. The Morgan fingerprint density at radius 1 is 1.44 bits per heavy atom. The second kappa shape index (κ2) is 8.22. The number of benzene rings is 1. The van der Waals surface area contributed by atoms with Crippen LogP contribution in [0.4, 0.5) is 5.69 Å². The summed E-state index contributed by atoms with van der Waals surface area (Å²) >= 11 is 11.6. The van der Waals surface area contributed by atoms with Crippen molar-refractivity contribution in [3.63, 3.8) is 0 Å². The highest BCUT2D eigenvalue weighted by Crippen LogP contribution is 2.27. The molecule has 0 aliphatic heterocycles. The quantitative estimate of drug-likeness (QED) is 0.768. The van der Waals surface area contributed by atoms with E-state index in [9.17, 15) is 4.79 Å². The Hall–Kier alpha value is -0.930. The van der Waals surface area contributed by atoms with E-state index in [4.69, 9.17) is 27.9 Å². The summed E-state index contributed by atoms with van der Waals surface area (Å²) in [4.78, 5) is 11.5. The van der Waals surface area contributed by atoms with Crippen LogP contribution in [0.5, 0.6) is 5.75 Å². The van der Waals surface area contributed by atoms with Crippen molar-refractivity contribution < 1.29 is 9.53 Å². The van der Waals surface area contributed by atoms with E-state index in [1.54, 1.807) is 18.2 Å². The van der Waals surface area contributed by atoms with E-state index in [2.05, 4.69) is 5.32 Å². The van der Waals surface area contributed by atoms with Gasteiger partial charge in [-0.05, 0) is 31.0 Å². The maximum atomic E-state index is 11.5. The first kappa shape index (κ1) is 15.1. The van der Waals surface area contributed by atoms with Crippen molar-refractivity contribution in [3.8, 4) is 5.75 Å².